The summed E-state index contributed by atoms with van der Waals surface area (Å²) in [5, 5.41) is 0. The molecule has 0 spiro atoms. The Kier molecular flexibility index (Phi) is 6.21. The van der Waals surface area contributed by atoms with E-state index in [0.717, 1.165) is 0 Å². The first-order valence-electron chi connectivity index (χ1n) is 1.21. The van der Waals surface area contributed by atoms with Crippen molar-refractivity contribution in [2.24, 2.45) is 0 Å². The number of hydrogen-bond acceptors (Lipinski definition) is 3. The Hall–Kier alpha value is 1.09. The van der Waals surface area contributed by atoms with Gasteiger partial charge in [-0.3, -0.25) is 0 Å². The van der Waals surface area contributed by atoms with Crippen molar-refractivity contribution >= 4 is 42.0 Å². The summed E-state index contributed by atoms with van der Waals surface area (Å²) in [5.74, 6) is 0. The predicted octanol–water partition coefficient (Wildman–Crippen LogP) is -1.14. The van der Waals surface area contributed by atoms with Crippen LogP contribution in [0.2, 0.25) is 0 Å². The van der Waals surface area contributed by atoms with Crippen molar-refractivity contribution in [3.05, 3.63) is 0 Å². The first-order chi connectivity index (χ1) is 2.41. The molecule has 0 aliphatic carbocycles. The summed E-state index contributed by atoms with van der Waals surface area (Å²) < 4.78 is 4.84. The maximum absolute atomic E-state index is 4.84. The highest BCUT2D eigenvalue weighted by Crippen LogP contribution is 1.70. The van der Waals surface area contributed by atoms with Crippen LogP contribution >= 0.6 is 24.2 Å². The molecule has 0 atom stereocenters. The topological polar surface area (TPSA) is 9.23 Å². The molecule has 0 unspecified atom stereocenters. The van der Waals surface area contributed by atoms with Crippen LogP contribution in [0.15, 0.2) is 0 Å². The fraction of sp³-hybridized carbons (Fsp3) is 0. The quantitative estimate of drug-likeness (QED) is 0.366. The normalized spacial score (nSPS) is 13.2. The zero-order chi connectivity index (χ0) is 4.12. The first kappa shape index (κ1) is 6.09. The lowest BCUT2D eigenvalue weighted by Crippen LogP contribution is -1.88. The summed E-state index contributed by atoms with van der Waals surface area (Å²) in [4.78, 5) is 0. The molecule has 0 N–H and O–H groups in total. The first-order valence-corrected chi connectivity index (χ1v) is 7.42. The largest absolute Gasteiger partial charge is 0.449 e. The second-order valence-electron chi connectivity index (χ2n) is 0.462. The average Bonchev–Trinajstić information content (AvgIpc) is 1.41. The predicted molar refractivity (Wildman–Crippen MR) is 36.1 cm³/mol. The Bertz CT molecular complexity index is 15.1. The van der Waals surface area contributed by atoms with E-state index < -0.39 is 17.8 Å². The van der Waals surface area contributed by atoms with Gasteiger partial charge in [0.05, 0.1) is 0 Å². The van der Waals surface area contributed by atoms with Crippen molar-refractivity contribution in [1.82, 2.24) is 0 Å². The Morgan fingerprint density at radius 3 is 1.60 bits per heavy atom. The SMILES string of the molecule is S[SiH2]O[SiH2]S. The minimum Gasteiger partial charge on any atom is -0.449 e. The molecule has 0 amide bonds. The van der Waals surface area contributed by atoms with Gasteiger partial charge in [-0.15, -0.1) is 0 Å². The molecule has 0 radical (unpaired) electrons. The molecule has 5 heavy (non-hydrogen) atoms. The minimum absolute atomic E-state index is 0.406. The molecule has 0 aromatic rings. The molecule has 1 nitrogen and oxygen atoms in total. The highest BCUT2D eigenvalue weighted by Gasteiger charge is 1.68. The Labute approximate surface area is 46.5 Å². The fourth-order valence-corrected chi connectivity index (χ4v) is 3.31. The van der Waals surface area contributed by atoms with E-state index in [1.54, 1.807) is 0 Å². The van der Waals surface area contributed by atoms with E-state index in [0.29, 0.717) is 0 Å². The lowest BCUT2D eigenvalue weighted by molar-refractivity contribution is 0.679. The third kappa shape index (κ3) is 5.09. The molecule has 0 aliphatic heterocycles. The van der Waals surface area contributed by atoms with E-state index in [1.165, 1.54) is 0 Å². The summed E-state index contributed by atoms with van der Waals surface area (Å²) in [5.41, 5.74) is 0. The average molecular weight is 142 g/mol. The standard InChI is InChI=1S/H6OS2Si2/c2-4-1-5-3/h2-3H,4-5H2. The summed E-state index contributed by atoms with van der Waals surface area (Å²) in [7, 11) is -0.812. The molecule has 0 bridgehead atoms. The molecule has 0 saturated heterocycles. The molecule has 32 valence electrons. The van der Waals surface area contributed by atoms with E-state index in [9.17, 15) is 0 Å². The molecule has 0 aliphatic rings. The number of rotatable bonds is 2. The molecule has 0 aromatic heterocycles. The van der Waals surface area contributed by atoms with Gasteiger partial charge >= 0.3 is 0 Å². The van der Waals surface area contributed by atoms with Crippen molar-refractivity contribution in [3.63, 3.8) is 0 Å². The second-order valence-corrected chi connectivity index (χ2v) is 4.16. The van der Waals surface area contributed by atoms with Crippen LogP contribution in [0.1, 0.15) is 0 Å². The van der Waals surface area contributed by atoms with Crippen molar-refractivity contribution < 1.29 is 4.12 Å². The van der Waals surface area contributed by atoms with E-state index in [-0.39, 0.29) is 0 Å². The zero-order valence-electron chi connectivity index (χ0n) is 2.72. The van der Waals surface area contributed by atoms with Crippen LogP contribution in [0.4, 0.5) is 0 Å². The third-order valence-corrected chi connectivity index (χ3v) is 4.93. The smallest absolute Gasteiger partial charge is 0.207 e. The van der Waals surface area contributed by atoms with Crippen LogP contribution in [-0.2, 0) is 4.12 Å². The molecule has 0 rings (SSSR count). The van der Waals surface area contributed by atoms with E-state index >= 15 is 0 Å². The maximum atomic E-state index is 4.84. The molecule has 0 saturated carbocycles. The van der Waals surface area contributed by atoms with Gasteiger partial charge in [0, 0.05) is 0 Å². The van der Waals surface area contributed by atoms with Crippen LogP contribution in [0, 0.1) is 0 Å². The Balaban J connectivity index is 2.19. The number of hydrogen-bond donors (Lipinski definition) is 2. The minimum atomic E-state index is -0.406. The lowest BCUT2D eigenvalue weighted by atomic mass is 15.8. The van der Waals surface area contributed by atoms with E-state index in [2.05, 4.69) is 24.2 Å². The summed E-state index contributed by atoms with van der Waals surface area (Å²) in [6, 6.07) is 0. The lowest BCUT2D eigenvalue weighted by Gasteiger charge is -1.84. The molecule has 0 fully saturated rings. The molecule has 0 aromatic carbocycles. The van der Waals surface area contributed by atoms with Gasteiger partial charge in [-0.2, -0.15) is 24.2 Å². The van der Waals surface area contributed by atoms with Gasteiger partial charge in [0.15, 0.2) is 0 Å². The molecule has 0 heterocycles. The van der Waals surface area contributed by atoms with E-state index in [4.69, 9.17) is 4.12 Å². The molecule has 5 heteroatoms. The van der Waals surface area contributed by atoms with Gasteiger partial charge in [0.25, 0.3) is 0 Å². The van der Waals surface area contributed by atoms with Gasteiger partial charge in [0.1, 0.15) is 0 Å². The van der Waals surface area contributed by atoms with Crippen LogP contribution in [0.25, 0.3) is 0 Å². The van der Waals surface area contributed by atoms with Crippen molar-refractivity contribution in [2.75, 3.05) is 0 Å². The highest BCUT2D eigenvalue weighted by atomic mass is 32.3. The van der Waals surface area contributed by atoms with Crippen molar-refractivity contribution in [3.8, 4) is 0 Å². The summed E-state index contributed by atoms with van der Waals surface area (Å²) >= 11 is 7.81. The van der Waals surface area contributed by atoms with Crippen LogP contribution in [0.3, 0.4) is 0 Å². The highest BCUT2D eigenvalue weighted by molar-refractivity contribution is 8.08. The van der Waals surface area contributed by atoms with Crippen LogP contribution < -0.4 is 0 Å². The van der Waals surface area contributed by atoms with E-state index in [1.807, 2.05) is 0 Å². The van der Waals surface area contributed by atoms with Crippen molar-refractivity contribution in [1.29, 1.82) is 0 Å². The fourth-order valence-electron chi connectivity index (χ4n) is 0.0408. The summed E-state index contributed by atoms with van der Waals surface area (Å²) in [6.45, 7) is 0. The van der Waals surface area contributed by atoms with Gasteiger partial charge in [-0.25, -0.2) is 0 Å². The molecular weight excluding hydrogens is 136 g/mol. The van der Waals surface area contributed by atoms with Gasteiger partial charge < -0.3 is 4.12 Å². The Morgan fingerprint density at radius 2 is 1.60 bits per heavy atom. The van der Waals surface area contributed by atoms with Crippen LogP contribution in [-0.4, -0.2) is 17.8 Å². The molecular formula is H6OS2Si2. The summed E-state index contributed by atoms with van der Waals surface area (Å²) in [6.07, 6.45) is 0. The second kappa shape index (κ2) is 5.09. The maximum Gasteiger partial charge on any atom is 0.207 e. The van der Waals surface area contributed by atoms with Gasteiger partial charge in [-0.1, -0.05) is 0 Å². The third-order valence-electron chi connectivity index (χ3n) is 0.183. The Morgan fingerprint density at radius 1 is 1.20 bits per heavy atom. The van der Waals surface area contributed by atoms with Gasteiger partial charge in [0.2, 0.25) is 17.8 Å². The number of thiol groups is 2. The van der Waals surface area contributed by atoms with Crippen LogP contribution in [0.5, 0.6) is 0 Å². The van der Waals surface area contributed by atoms with Gasteiger partial charge in [-0.05, 0) is 0 Å². The zero-order valence-corrected chi connectivity index (χ0v) is 7.33. The van der Waals surface area contributed by atoms with Crippen molar-refractivity contribution in [2.45, 2.75) is 0 Å². The monoisotopic (exact) mass is 142 g/mol.